The normalized spacial score (nSPS) is 17.5. The molecule has 1 aliphatic heterocycles. The van der Waals surface area contributed by atoms with Crippen molar-refractivity contribution in [3.63, 3.8) is 0 Å². The fraction of sp³-hybridized carbons (Fsp3) is 0.412. The first-order valence-electron chi connectivity index (χ1n) is 7.82. The molecule has 1 aromatic heterocycles. The number of nitrogens with zero attached hydrogens (tertiary/aromatic N) is 3. The predicted molar refractivity (Wildman–Crippen MR) is 91.4 cm³/mol. The first-order valence-corrected chi connectivity index (χ1v) is 8.62. The van der Waals surface area contributed by atoms with Crippen molar-refractivity contribution >= 4 is 21.9 Å². The standard InChI is InChI=1S/C17H19BrFN3O/c1-2-12-9-20-17(21-10-12)22-7-3-4-14(22)11-23-16-6-5-13(18)8-15(16)19/h5-6,8-10,14H,2-4,7,11H2,1H3/t14-/m1/s1. The Balaban J connectivity index is 1.66. The van der Waals surface area contributed by atoms with Crippen LogP contribution in [0.5, 0.6) is 5.75 Å². The monoisotopic (exact) mass is 379 g/mol. The molecule has 0 saturated carbocycles. The zero-order chi connectivity index (χ0) is 16.2. The fourth-order valence-corrected chi connectivity index (χ4v) is 3.06. The molecule has 4 nitrogen and oxygen atoms in total. The van der Waals surface area contributed by atoms with Gasteiger partial charge in [0.2, 0.25) is 5.95 Å². The second kappa shape index (κ2) is 7.25. The molecule has 1 atom stereocenters. The Morgan fingerprint density at radius 2 is 2.13 bits per heavy atom. The number of aromatic nitrogens is 2. The third kappa shape index (κ3) is 3.80. The molecular weight excluding hydrogens is 361 g/mol. The highest BCUT2D eigenvalue weighted by atomic mass is 79.9. The van der Waals surface area contributed by atoms with Crippen LogP contribution in [0.1, 0.15) is 25.3 Å². The Hall–Kier alpha value is -1.69. The first-order chi connectivity index (χ1) is 11.2. The Labute approximate surface area is 143 Å². The van der Waals surface area contributed by atoms with E-state index in [2.05, 4.69) is 37.7 Å². The SMILES string of the molecule is CCc1cnc(N2CCC[C@@H]2COc2ccc(Br)cc2F)nc1. The van der Waals surface area contributed by atoms with Crippen molar-refractivity contribution in [2.24, 2.45) is 0 Å². The van der Waals surface area contributed by atoms with Gasteiger partial charge in [-0.15, -0.1) is 0 Å². The van der Waals surface area contributed by atoms with Gasteiger partial charge in [0.1, 0.15) is 6.61 Å². The van der Waals surface area contributed by atoms with Gasteiger partial charge < -0.3 is 9.64 Å². The van der Waals surface area contributed by atoms with E-state index in [0.29, 0.717) is 11.1 Å². The maximum Gasteiger partial charge on any atom is 0.225 e. The van der Waals surface area contributed by atoms with Crippen LogP contribution in [0.2, 0.25) is 0 Å². The third-order valence-corrected chi connectivity index (χ3v) is 4.55. The summed E-state index contributed by atoms with van der Waals surface area (Å²) in [6, 6.07) is 5.00. The molecule has 0 N–H and O–H groups in total. The van der Waals surface area contributed by atoms with Crippen LogP contribution in [0.3, 0.4) is 0 Å². The Bertz CT molecular complexity index is 665. The van der Waals surface area contributed by atoms with Crippen LogP contribution in [-0.2, 0) is 6.42 Å². The molecule has 1 fully saturated rings. The minimum atomic E-state index is -0.354. The molecule has 6 heteroatoms. The molecule has 1 saturated heterocycles. The molecule has 23 heavy (non-hydrogen) atoms. The molecule has 1 aromatic carbocycles. The highest BCUT2D eigenvalue weighted by Crippen LogP contribution is 2.25. The number of benzene rings is 1. The number of hydrogen-bond acceptors (Lipinski definition) is 4. The molecule has 0 bridgehead atoms. The van der Waals surface area contributed by atoms with Crippen LogP contribution in [0, 0.1) is 5.82 Å². The first kappa shape index (κ1) is 16.2. The van der Waals surface area contributed by atoms with Gasteiger partial charge in [0, 0.05) is 23.4 Å². The molecule has 122 valence electrons. The summed E-state index contributed by atoms with van der Waals surface area (Å²) in [5.74, 6) is 0.652. The summed E-state index contributed by atoms with van der Waals surface area (Å²) in [4.78, 5) is 11.0. The third-order valence-electron chi connectivity index (χ3n) is 4.06. The minimum Gasteiger partial charge on any atom is -0.488 e. The summed E-state index contributed by atoms with van der Waals surface area (Å²) in [6.07, 6.45) is 6.72. The second-order valence-corrected chi connectivity index (χ2v) is 6.54. The quantitative estimate of drug-likeness (QED) is 0.786. The van der Waals surface area contributed by atoms with Gasteiger partial charge in [0.05, 0.1) is 6.04 Å². The van der Waals surface area contributed by atoms with Gasteiger partial charge in [-0.1, -0.05) is 22.9 Å². The topological polar surface area (TPSA) is 38.2 Å². The largest absolute Gasteiger partial charge is 0.488 e. The number of hydrogen-bond donors (Lipinski definition) is 0. The molecule has 0 spiro atoms. The van der Waals surface area contributed by atoms with Gasteiger partial charge in [-0.3, -0.25) is 0 Å². The summed E-state index contributed by atoms with van der Waals surface area (Å²) in [7, 11) is 0. The van der Waals surface area contributed by atoms with Crippen LogP contribution < -0.4 is 9.64 Å². The minimum absolute atomic E-state index is 0.172. The Kier molecular flexibility index (Phi) is 5.10. The lowest BCUT2D eigenvalue weighted by molar-refractivity contribution is 0.275. The smallest absolute Gasteiger partial charge is 0.225 e. The highest BCUT2D eigenvalue weighted by molar-refractivity contribution is 9.10. The molecule has 0 aliphatic carbocycles. The van der Waals surface area contributed by atoms with Crippen molar-refractivity contribution in [2.45, 2.75) is 32.2 Å². The van der Waals surface area contributed by atoms with Gasteiger partial charge in [-0.25, -0.2) is 14.4 Å². The van der Waals surface area contributed by atoms with E-state index in [9.17, 15) is 4.39 Å². The van der Waals surface area contributed by atoms with E-state index in [1.54, 1.807) is 12.1 Å². The van der Waals surface area contributed by atoms with Crippen molar-refractivity contribution in [3.05, 3.63) is 46.4 Å². The van der Waals surface area contributed by atoms with Gasteiger partial charge in [-0.2, -0.15) is 0 Å². The Morgan fingerprint density at radius 1 is 1.35 bits per heavy atom. The van der Waals surface area contributed by atoms with Crippen molar-refractivity contribution in [1.82, 2.24) is 9.97 Å². The molecule has 1 aliphatic rings. The number of rotatable bonds is 5. The number of ether oxygens (including phenoxy) is 1. The van der Waals surface area contributed by atoms with E-state index < -0.39 is 0 Å². The number of aryl methyl sites for hydroxylation is 1. The van der Waals surface area contributed by atoms with E-state index in [1.807, 2.05) is 12.4 Å². The van der Waals surface area contributed by atoms with E-state index in [-0.39, 0.29) is 17.6 Å². The summed E-state index contributed by atoms with van der Waals surface area (Å²) < 4.78 is 20.2. The van der Waals surface area contributed by atoms with Crippen molar-refractivity contribution in [2.75, 3.05) is 18.1 Å². The van der Waals surface area contributed by atoms with E-state index in [1.165, 1.54) is 6.07 Å². The molecule has 0 unspecified atom stereocenters. The van der Waals surface area contributed by atoms with E-state index in [4.69, 9.17) is 4.74 Å². The van der Waals surface area contributed by atoms with Crippen LogP contribution in [-0.4, -0.2) is 29.2 Å². The lowest BCUT2D eigenvalue weighted by Crippen LogP contribution is -2.35. The van der Waals surface area contributed by atoms with Gasteiger partial charge in [0.25, 0.3) is 0 Å². The second-order valence-electron chi connectivity index (χ2n) is 5.62. The van der Waals surface area contributed by atoms with Gasteiger partial charge in [-0.05, 0) is 43.0 Å². The van der Waals surface area contributed by atoms with Crippen molar-refractivity contribution in [1.29, 1.82) is 0 Å². The maximum absolute atomic E-state index is 13.8. The molecule has 0 radical (unpaired) electrons. The fourth-order valence-electron chi connectivity index (χ4n) is 2.73. The van der Waals surface area contributed by atoms with Crippen molar-refractivity contribution < 1.29 is 9.13 Å². The molecule has 3 rings (SSSR count). The summed E-state index contributed by atoms with van der Waals surface area (Å²) >= 11 is 3.25. The number of halogens is 2. The summed E-state index contributed by atoms with van der Waals surface area (Å²) in [5.41, 5.74) is 1.12. The lowest BCUT2D eigenvalue weighted by Gasteiger charge is -2.24. The summed E-state index contributed by atoms with van der Waals surface area (Å²) in [6.45, 7) is 3.41. The van der Waals surface area contributed by atoms with Crippen LogP contribution in [0.15, 0.2) is 35.1 Å². The molecular formula is C17H19BrFN3O. The highest BCUT2D eigenvalue weighted by Gasteiger charge is 2.27. The van der Waals surface area contributed by atoms with Crippen LogP contribution >= 0.6 is 15.9 Å². The Morgan fingerprint density at radius 3 is 2.83 bits per heavy atom. The molecule has 0 amide bonds. The maximum atomic E-state index is 13.8. The zero-order valence-corrected chi connectivity index (χ0v) is 14.6. The van der Waals surface area contributed by atoms with Gasteiger partial charge in [0.15, 0.2) is 11.6 Å². The van der Waals surface area contributed by atoms with E-state index >= 15 is 0 Å². The molecule has 2 heterocycles. The van der Waals surface area contributed by atoms with E-state index in [0.717, 1.165) is 37.3 Å². The molecule has 2 aromatic rings. The summed E-state index contributed by atoms with van der Waals surface area (Å²) in [5, 5.41) is 0. The van der Waals surface area contributed by atoms with Crippen LogP contribution in [0.25, 0.3) is 0 Å². The zero-order valence-electron chi connectivity index (χ0n) is 13.0. The van der Waals surface area contributed by atoms with Crippen molar-refractivity contribution in [3.8, 4) is 5.75 Å². The van der Waals surface area contributed by atoms with Gasteiger partial charge >= 0.3 is 0 Å². The van der Waals surface area contributed by atoms with Crippen LogP contribution in [0.4, 0.5) is 10.3 Å². The average Bonchev–Trinajstić information content (AvgIpc) is 3.02. The lowest BCUT2D eigenvalue weighted by atomic mass is 10.2. The number of anilines is 1. The average molecular weight is 380 g/mol. The predicted octanol–water partition coefficient (Wildman–Crippen LogP) is 3.99.